The molecule has 0 unspecified atom stereocenters. The highest BCUT2D eigenvalue weighted by molar-refractivity contribution is 4.84. The molecule has 0 fully saturated rings. The molecule has 4 heteroatoms. The van der Waals surface area contributed by atoms with Crippen LogP contribution < -0.4 is 0 Å². The predicted molar refractivity (Wildman–Crippen MR) is 165 cm³/mol. The smallest absolute Gasteiger partial charge is 0.0546 e. The average molecular weight is 527 g/mol. The summed E-state index contributed by atoms with van der Waals surface area (Å²) < 4.78 is 12.2. The Morgan fingerprint density at radius 2 is 0.784 bits per heavy atom. The van der Waals surface area contributed by atoms with Crippen molar-refractivity contribution >= 4 is 0 Å². The van der Waals surface area contributed by atoms with E-state index in [-0.39, 0.29) is 5.41 Å². The maximum atomic E-state index is 6.36. The van der Waals surface area contributed by atoms with Gasteiger partial charge in [0, 0.05) is 38.3 Å². The van der Waals surface area contributed by atoms with Gasteiger partial charge in [0.25, 0.3) is 0 Å². The molecule has 0 N–H and O–H groups in total. The van der Waals surface area contributed by atoms with E-state index in [0.29, 0.717) is 0 Å². The first kappa shape index (κ1) is 36.8. The van der Waals surface area contributed by atoms with E-state index in [1.165, 1.54) is 128 Å². The van der Waals surface area contributed by atoms with Crippen molar-refractivity contribution in [3.63, 3.8) is 0 Å². The van der Waals surface area contributed by atoms with Crippen molar-refractivity contribution in [2.45, 2.75) is 142 Å². The fourth-order valence-corrected chi connectivity index (χ4v) is 5.66. The van der Waals surface area contributed by atoms with E-state index in [1.807, 2.05) is 0 Å². The van der Waals surface area contributed by atoms with Crippen molar-refractivity contribution in [2.24, 2.45) is 5.41 Å². The summed E-state index contributed by atoms with van der Waals surface area (Å²) in [6, 6.07) is 0. The maximum Gasteiger partial charge on any atom is 0.0546 e. The first-order chi connectivity index (χ1) is 18.0. The minimum atomic E-state index is 0.229. The molecule has 0 aliphatic rings. The van der Waals surface area contributed by atoms with Crippen molar-refractivity contribution in [2.75, 3.05) is 67.7 Å². The molecule has 0 heterocycles. The minimum Gasteiger partial charge on any atom is -0.381 e. The monoisotopic (exact) mass is 527 g/mol. The van der Waals surface area contributed by atoms with Gasteiger partial charge >= 0.3 is 0 Å². The van der Waals surface area contributed by atoms with Crippen LogP contribution >= 0.6 is 0 Å². The summed E-state index contributed by atoms with van der Waals surface area (Å²) in [5, 5.41) is 0. The molecule has 0 aliphatic heterocycles. The van der Waals surface area contributed by atoms with Gasteiger partial charge in [0.05, 0.1) is 6.61 Å². The highest BCUT2D eigenvalue weighted by Crippen LogP contribution is 2.28. The molecule has 4 nitrogen and oxygen atoms in total. The molecular weight excluding hydrogens is 456 g/mol. The van der Waals surface area contributed by atoms with Crippen LogP contribution in [0.5, 0.6) is 0 Å². The molecule has 0 saturated heterocycles. The third-order valence-corrected chi connectivity index (χ3v) is 7.49. The number of rotatable bonds is 30. The average Bonchev–Trinajstić information content (AvgIpc) is 2.84. The molecule has 0 aromatic heterocycles. The van der Waals surface area contributed by atoms with Gasteiger partial charge in [-0.15, -0.1) is 0 Å². The first-order valence-electron chi connectivity index (χ1n) is 16.4. The SMILES string of the molecule is CCCCCCCCCCCCOCC(CCCCCCCOCCCCCC)(CN(C)C)CN(C)C. The quantitative estimate of drug-likeness (QED) is 0.0872. The van der Waals surface area contributed by atoms with Crippen molar-refractivity contribution in [1.82, 2.24) is 9.80 Å². The van der Waals surface area contributed by atoms with E-state index >= 15 is 0 Å². The lowest BCUT2D eigenvalue weighted by Crippen LogP contribution is -2.45. The summed E-state index contributed by atoms with van der Waals surface area (Å²) in [6.07, 6.45) is 26.8. The zero-order valence-corrected chi connectivity index (χ0v) is 26.6. The zero-order chi connectivity index (χ0) is 27.5. The lowest BCUT2D eigenvalue weighted by Gasteiger charge is -2.38. The van der Waals surface area contributed by atoms with Crippen LogP contribution in [0.1, 0.15) is 142 Å². The number of hydrogen-bond donors (Lipinski definition) is 0. The molecule has 0 aromatic carbocycles. The Balaban J connectivity index is 4.11. The lowest BCUT2D eigenvalue weighted by atomic mass is 9.82. The third-order valence-electron chi connectivity index (χ3n) is 7.49. The maximum absolute atomic E-state index is 6.36. The van der Waals surface area contributed by atoms with Crippen LogP contribution in [0.4, 0.5) is 0 Å². The van der Waals surface area contributed by atoms with E-state index in [0.717, 1.165) is 39.5 Å². The Kier molecular flexibility index (Phi) is 27.3. The van der Waals surface area contributed by atoms with Crippen LogP contribution in [-0.2, 0) is 9.47 Å². The normalized spacial score (nSPS) is 12.3. The Hall–Kier alpha value is -0.160. The molecule has 0 spiro atoms. The Bertz CT molecular complexity index is 402. The first-order valence-corrected chi connectivity index (χ1v) is 16.4. The van der Waals surface area contributed by atoms with E-state index in [4.69, 9.17) is 9.47 Å². The predicted octanol–water partition coefficient (Wildman–Crippen LogP) is 8.97. The van der Waals surface area contributed by atoms with Gasteiger partial charge in [-0.1, -0.05) is 117 Å². The van der Waals surface area contributed by atoms with Gasteiger partial charge in [0.15, 0.2) is 0 Å². The molecule has 0 rings (SSSR count). The summed E-state index contributed by atoms with van der Waals surface area (Å²) in [6.45, 7) is 10.5. The van der Waals surface area contributed by atoms with Gasteiger partial charge < -0.3 is 19.3 Å². The van der Waals surface area contributed by atoms with E-state index in [9.17, 15) is 0 Å². The molecule has 37 heavy (non-hydrogen) atoms. The third kappa shape index (κ3) is 25.9. The number of hydrogen-bond acceptors (Lipinski definition) is 4. The molecule has 0 aliphatic carbocycles. The van der Waals surface area contributed by atoms with Crippen LogP contribution in [-0.4, -0.2) is 77.5 Å². The number of ether oxygens (including phenoxy) is 2. The van der Waals surface area contributed by atoms with E-state index < -0.39 is 0 Å². The molecule has 224 valence electrons. The summed E-state index contributed by atoms with van der Waals surface area (Å²) in [7, 11) is 8.87. The van der Waals surface area contributed by atoms with Crippen molar-refractivity contribution in [3.8, 4) is 0 Å². The van der Waals surface area contributed by atoms with Gasteiger partial charge in [-0.3, -0.25) is 0 Å². The van der Waals surface area contributed by atoms with Crippen molar-refractivity contribution in [1.29, 1.82) is 0 Å². The van der Waals surface area contributed by atoms with Crippen LogP contribution in [0.3, 0.4) is 0 Å². The summed E-state index contributed by atoms with van der Waals surface area (Å²) in [5.41, 5.74) is 0.229. The Labute approximate surface area is 234 Å². The molecule has 0 bridgehead atoms. The zero-order valence-electron chi connectivity index (χ0n) is 26.6. The van der Waals surface area contributed by atoms with Gasteiger partial charge in [0.1, 0.15) is 0 Å². The highest BCUT2D eigenvalue weighted by atomic mass is 16.5. The largest absolute Gasteiger partial charge is 0.381 e. The lowest BCUT2D eigenvalue weighted by molar-refractivity contribution is 0.00429. The summed E-state index contributed by atoms with van der Waals surface area (Å²) in [5.74, 6) is 0. The second kappa shape index (κ2) is 27.4. The van der Waals surface area contributed by atoms with Crippen LogP contribution in [0.2, 0.25) is 0 Å². The molecule has 0 aromatic rings. The fraction of sp³-hybridized carbons (Fsp3) is 1.00. The van der Waals surface area contributed by atoms with Crippen LogP contribution in [0, 0.1) is 5.41 Å². The standard InChI is InChI=1S/C33H70N2O2/c1-7-9-11-13-14-15-16-17-20-25-29-37-32-33(30-34(3)4,31-35(5)6)26-22-19-18-21-24-28-36-27-23-12-10-8-2/h7-32H2,1-6H3. The highest BCUT2D eigenvalue weighted by Gasteiger charge is 2.31. The molecule has 0 radical (unpaired) electrons. The minimum absolute atomic E-state index is 0.229. The Morgan fingerprint density at radius 1 is 0.432 bits per heavy atom. The van der Waals surface area contributed by atoms with Crippen molar-refractivity contribution < 1.29 is 9.47 Å². The molecule has 0 saturated carbocycles. The van der Waals surface area contributed by atoms with Crippen molar-refractivity contribution in [3.05, 3.63) is 0 Å². The summed E-state index contributed by atoms with van der Waals surface area (Å²) in [4.78, 5) is 4.73. The second-order valence-corrected chi connectivity index (χ2v) is 12.4. The van der Waals surface area contributed by atoms with Crippen LogP contribution in [0.15, 0.2) is 0 Å². The van der Waals surface area contributed by atoms with Crippen LogP contribution in [0.25, 0.3) is 0 Å². The van der Waals surface area contributed by atoms with Gasteiger partial charge in [-0.2, -0.15) is 0 Å². The summed E-state index contributed by atoms with van der Waals surface area (Å²) >= 11 is 0. The Morgan fingerprint density at radius 3 is 1.22 bits per heavy atom. The van der Waals surface area contributed by atoms with E-state index in [2.05, 4.69) is 51.8 Å². The molecule has 0 amide bonds. The molecule has 0 atom stereocenters. The van der Waals surface area contributed by atoms with Gasteiger partial charge in [-0.25, -0.2) is 0 Å². The second-order valence-electron chi connectivity index (χ2n) is 12.4. The number of unbranched alkanes of at least 4 members (excludes halogenated alkanes) is 16. The number of nitrogens with zero attached hydrogens (tertiary/aromatic N) is 2. The van der Waals surface area contributed by atoms with Gasteiger partial charge in [-0.05, 0) is 53.9 Å². The fourth-order valence-electron chi connectivity index (χ4n) is 5.66. The molecular formula is C33H70N2O2. The van der Waals surface area contributed by atoms with Gasteiger partial charge in [0.2, 0.25) is 0 Å². The van der Waals surface area contributed by atoms with E-state index in [1.54, 1.807) is 0 Å². The topological polar surface area (TPSA) is 24.9 Å².